The minimum atomic E-state index is -4.40. The van der Waals surface area contributed by atoms with E-state index in [-0.39, 0.29) is 38.6 Å². The quantitative estimate of drug-likeness (QED) is 0.0264. The lowest BCUT2D eigenvalue weighted by Gasteiger charge is -2.19. The van der Waals surface area contributed by atoms with Crippen LogP contribution >= 0.6 is 7.82 Å². The summed E-state index contributed by atoms with van der Waals surface area (Å²) < 4.78 is 33.1. The van der Waals surface area contributed by atoms with Crippen LogP contribution in [0.25, 0.3) is 0 Å². The Labute approximate surface area is 486 Å². The monoisotopic (exact) mass is 1120 g/mol. The van der Waals surface area contributed by atoms with Crippen LogP contribution in [-0.2, 0) is 32.7 Å². The Morgan fingerprint density at radius 2 is 0.696 bits per heavy atom. The van der Waals surface area contributed by atoms with Crippen LogP contribution in [0.4, 0.5) is 0 Å². The van der Waals surface area contributed by atoms with Crippen LogP contribution in [0.3, 0.4) is 0 Å². The van der Waals surface area contributed by atoms with Crippen LogP contribution in [0, 0.1) is 0 Å². The molecule has 0 aromatic rings. The van der Waals surface area contributed by atoms with Gasteiger partial charge in [-0.05, 0) is 96.3 Å². The van der Waals surface area contributed by atoms with E-state index in [1.807, 2.05) is 0 Å². The Morgan fingerprint density at radius 3 is 1.04 bits per heavy atom. The van der Waals surface area contributed by atoms with Crippen LogP contribution in [0.2, 0.25) is 0 Å². The van der Waals surface area contributed by atoms with Crippen molar-refractivity contribution in [3.63, 3.8) is 0 Å². The lowest BCUT2D eigenvalue weighted by molar-refractivity contribution is -0.161. The molecule has 456 valence electrons. The summed E-state index contributed by atoms with van der Waals surface area (Å²) in [6.07, 6.45) is 86.2. The number of esters is 2. The first kappa shape index (κ1) is 75.9. The van der Waals surface area contributed by atoms with Crippen molar-refractivity contribution in [2.24, 2.45) is 5.73 Å². The third-order valence-electron chi connectivity index (χ3n) is 14.0. The van der Waals surface area contributed by atoms with Gasteiger partial charge in [-0.15, -0.1) is 0 Å². The number of allylic oxidation sites excluding steroid dienone is 16. The van der Waals surface area contributed by atoms with E-state index in [0.717, 1.165) is 83.5 Å². The largest absolute Gasteiger partial charge is 0.472 e. The van der Waals surface area contributed by atoms with Gasteiger partial charge in [0.1, 0.15) is 6.61 Å². The van der Waals surface area contributed by atoms with Gasteiger partial charge in [0, 0.05) is 19.4 Å². The van der Waals surface area contributed by atoms with Gasteiger partial charge in [-0.1, -0.05) is 284 Å². The number of hydrogen-bond donors (Lipinski definition) is 2. The molecule has 0 saturated heterocycles. The van der Waals surface area contributed by atoms with Crippen LogP contribution < -0.4 is 5.73 Å². The minimum absolute atomic E-state index is 0.0503. The fourth-order valence-electron chi connectivity index (χ4n) is 9.14. The third kappa shape index (κ3) is 64.0. The van der Waals surface area contributed by atoms with E-state index in [4.69, 9.17) is 24.3 Å². The molecule has 3 N–H and O–H groups in total. The average Bonchev–Trinajstić information content (AvgIpc) is 3.44. The van der Waals surface area contributed by atoms with E-state index in [9.17, 15) is 19.0 Å². The summed E-state index contributed by atoms with van der Waals surface area (Å²) in [6, 6.07) is 0. The van der Waals surface area contributed by atoms with Crippen molar-refractivity contribution in [3.8, 4) is 0 Å². The van der Waals surface area contributed by atoms with Gasteiger partial charge in [0.05, 0.1) is 13.2 Å². The summed E-state index contributed by atoms with van der Waals surface area (Å²) >= 11 is 0. The molecule has 10 heteroatoms. The van der Waals surface area contributed by atoms with Crippen LogP contribution in [0.1, 0.15) is 296 Å². The lowest BCUT2D eigenvalue weighted by Crippen LogP contribution is -2.29. The molecular weight excluding hydrogens is 1000 g/mol. The highest BCUT2D eigenvalue weighted by Crippen LogP contribution is 2.43. The SMILES string of the molecule is CC/C=C\C/C=C\C/C=C\C/C=C\C/C=C\CCCCCCCCCCCCCCCCCCCC(=O)OC(COC(=O)CCCCCCCCCCCC/C=C\C/C=C\C/C=C\CCCCCCC)COP(=O)(O)OCCN. The zero-order chi connectivity index (χ0) is 57.3. The number of hydrogen-bond acceptors (Lipinski definition) is 8. The van der Waals surface area contributed by atoms with Crippen molar-refractivity contribution in [2.75, 3.05) is 26.4 Å². The second kappa shape index (κ2) is 64.1. The van der Waals surface area contributed by atoms with Crippen molar-refractivity contribution < 1.29 is 37.6 Å². The maximum absolute atomic E-state index is 12.7. The molecule has 0 fully saturated rings. The van der Waals surface area contributed by atoms with Crippen molar-refractivity contribution >= 4 is 19.8 Å². The highest BCUT2D eigenvalue weighted by atomic mass is 31.2. The molecule has 0 radical (unpaired) electrons. The van der Waals surface area contributed by atoms with Gasteiger partial charge in [-0.3, -0.25) is 18.6 Å². The van der Waals surface area contributed by atoms with E-state index >= 15 is 0 Å². The molecule has 0 heterocycles. The van der Waals surface area contributed by atoms with E-state index < -0.39 is 26.5 Å². The van der Waals surface area contributed by atoms with Gasteiger partial charge >= 0.3 is 19.8 Å². The molecule has 0 aromatic heterocycles. The fourth-order valence-corrected chi connectivity index (χ4v) is 9.91. The first-order valence-electron chi connectivity index (χ1n) is 32.7. The fraction of sp³-hybridized carbons (Fsp3) is 0.739. The molecule has 0 rings (SSSR count). The van der Waals surface area contributed by atoms with Crippen LogP contribution in [0.15, 0.2) is 97.2 Å². The number of rotatable bonds is 61. The summed E-state index contributed by atoms with van der Waals surface area (Å²) in [7, 11) is -4.40. The standard InChI is InChI=1S/C69H122NO8P/c1-3-5-7-9-11-13-15-17-19-21-23-25-27-29-30-31-32-33-34-35-36-38-40-42-44-46-48-50-52-54-56-58-60-62-69(72)78-67(66-77-79(73,74)76-64-63-70)65-75-68(71)61-59-57-55-53-51-49-47-45-43-41-39-37-28-26-24-22-20-18-16-14-12-10-8-6-4-2/h5,7,11,13,16-19,22-25,28-30,37,67H,3-4,6,8-10,12,14-15,20-21,26-27,31-36,38-66,70H2,1-2H3,(H,73,74)/b7-5-,13-11-,18-16-,19-17-,24-22-,25-23-,30-29-,37-28-. The van der Waals surface area contributed by atoms with Crippen molar-refractivity contribution in [2.45, 2.75) is 302 Å². The smallest absolute Gasteiger partial charge is 0.462 e. The maximum Gasteiger partial charge on any atom is 0.472 e. The predicted octanol–water partition coefficient (Wildman–Crippen LogP) is 21.2. The Morgan fingerprint density at radius 1 is 0.392 bits per heavy atom. The Hall–Kier alpha value is -3.07. The van der Waals surface area contributed by atoms with Crippen molar-refractivity contribution in [1.82, 2.24) is 0 Å². The summed E-state index contributed by atoms with van der Waals surface area (Å²) in [5.41, 5.74) is 5.40. The normalized spacial score (nSPS) is 13.6. The van der Waals surface area contributed by atoms with Gasteiger partial charge in [-0.2, -0.15) is 0 Å². The lowest BCUT2D eigenvalue weighted by atomic mass is 10.0. The van der Waals surface area contributed by atoms with E-state index in [2.05, 4.69) is 111 Å². The summed E-state index contributed by atoms with van der Waals surface area (Å²) in [4.78, 5) is 35.3. The van der Waals surface area contributed by atoms with Crippen molar-refractivity contribution in [3.05, 3.63) is 97.2 Å². The van der Waals surface area contributed by atoms with Gasteiger partial charge in [-0.25, -0.2) is 4.57 Å². The Bertz CT molecular complexity index is 1610. The maximum atomic E-state index is 12.7. The predicted molar refractivity (Wildman–Crippen MR) is 339 cm³/mol. The number of phosphoric ester groups is 1. The van der Waals surface area contributed by atoms with Gasteiger partial charge in [0.2, 0.25) is 0 Å². The highest BCUT2D eigenvalue weighted by molar-refractivity contribution is 7.47. The topological polar surface area (TPSA) is 134 Å². The van der Waals surface area contributed by atoms with E-state index in [1.165, 1.54) is 180 Å². The van der Waals surface area contributed by atoms with Gasteiger partial charge < -0.3 is 20.1 Å². The molecule has 0 aliphatic heterocycles. The molecular formula is C69H122NO8P. The second-order valence-electron chi connectivity index (χ2n) is 21.6. The molecule has 0 spiro atoms. The number of ether oxygens (including phenoxy) is 2. The molecule has 0 aliphatic rings. The van der Waals surface area contributed by atoms with Crippen molar-refractivity contribution in [1.29, 1.82) is 0 Å². The number of unbranched alkanes of at least 4 members (excludes halogenated alkanes) is 32. The number of carbonyl (C=O) groups excluding carboxylic acids is 2. The minimum Gasteiger partial charge on any atom is -0.462 e. The second-order valence-corrected chi connectivity index (χ2v) is 23.1. The van der Waals surface area contributed by atoms with E-state index in [0.29, 0.717) is 6.42 Å². The molecule has 0 amide bonds. The summed E-state index contributed by atoms with van der Waals surface area (Å²) in [5.74, 6) is -0.826. The van der Waals surface area contributed by atoms with Crippen LogP contribution in [0.5, 0.6) is 0 Å². The number of carbonyl (C=O) groups is 2. The van der Waals surface area contributed by atoms with E-state index in [1.54, 1.807) is 0 Å². The molecule has 0 bridgehead atoms. The molecule has 2 atom stereocenters. The molecule has 0 aromatic carbocycles. The highest BCUT2D eigenvalue weighted by Gasteiger charge is 2.26. The van der Waals surface area contributed by atoms with Gasteiger partial charge in [0.15, 0.2) is 6.10 Å². The molecule has 0 saturated carbocycles. The molecule has 79 heavy (non-hydrogen) atoms. The number of nitrogens with two attached hydrogens (primary N) is 1. The first-order valence-corrected chi connectivity index (χ1v) is 34.2. The summed E-state index contributed by atoms with van der Waals surface area (Å²) in [5, 5.41) is 0. The summed E-state index contributed by atoms with van der Waals surface area (Å²) in [6.45, 7) is 3.64. The molecule has 0 aliphatic carbocycles. The first-order chi connectivity index (χ1) is 38.8. The zero-order valence-electron chi connectivity index (χ0n) is 51.1. The number of phosphoric acid groups is 1. The zero-order valence-corrected chi connectivity index (χ0v) is 52.0. The molecule has 2 unspecified atom stereocenters. The Balaban J connectivity index is 3.91. The Kier molecular flexibility index (Phi) is 61.6. The third-order valence-corrected chi connectivity index (χ3v) is 14.9. The average molecular weight is 1120 g/mol. The molecule has 9 nitrogen and oxygen atoms in total. The van der Waals surface area contributed by atoms with Crippen LogP contribution in [-0.4, -0.2) is 49.3 Å². The van der Waals surface area contributed by atoms with Gasteiger partial charge in [0.25, 0.3) is 0 Å².